The molecule has 0 rings (SSSR count). The molecule has 0 aromatic heterocycles. The number of carboxylic acid groups (broad SMARTS) is 1. The van der Waals surface area contributed by atoms with Crippen molar-refractivity contribution in [1.82, 2.24) is 5.32 Å². The molecule has 0 spiro atoms. The number of nitrogens with one attached hydrogen (secondary N) is 1. The Morgan fingerprint density at radius 3 is 2.00 bits per heavy atom. The Morgan fingerprint density at radius 2 is 1.67 bits per heavy atom. The number of hydrogen-bond acceptors (Lipinski definition) is 3. The van der Waals surface area contributed by atoms with E-state index in [9.17, 15) is 9.59 Å². The monoisotopic (exact) mass is 217 g/mol. The molecular formula is C10H19NO4. The fourth-order valence-corrected chi connectivity index (χ4v) is 1.36. The number of carbonyl (C=O) groups excluding carboxylic acids is 1. The van der Waals surface area contributed by atoms with E-state index < -0.39 is 18.6 Å². The van der Waals surface area contributed by atoms with Crippen LogP contribution in [0.3, 0.4) is 0 Å². The van der Waals surface area contributed by atoms with Crippen LogP contribution in [0.25, 0.3) is 0 Å². The van der Waals surface area contributed by atoms with Gasteiger partial charge in [-0.15, -0.1) is 0 Å². The topological polar surface area (TPSA) is 75.6 Å². The van der Waals surface area contributed by atoms with E-state index in [2.05, 4.69) is 5.32 Å². The summed E-state index contributed by atoms with van der Waals surface area (Å²) in [7, 11) is 0. The van der Waals surface area contributed by atoms with Gasteiger partial charge in [-0.3, -0.25) is 4.79 Å². The van der Waals surface area contributed by atoms with Gasteiger partial charge in [0.25, 0.3) is 0 Å². The van der Waals surface area contributed by atoms with Gasteiger partial charge in [0.2, 0.25) is 0 Å². The molecule has 0 saturated carbocycles. The Morgan fingerprint density at radius 1 is 1.20 bits per heavy atom. The van der Waals surface area contributed by atoms with Crippen LogP contribution >= 0.6 is 0 Å². The van der Waals surface area contributed by atoms with Crippen LogP contribution in [0.2, 0.25) is 0 Å². The molecule has 0 aromatic carbocycles. The number of hydrogen-bond donors (Lipinski definition) is 2. The standard InChI is InChI=1S/C10H19NO4/c1-6(2)9(7(3)4)15-10(14)11-5-8(12)13/h6-7,9H,5H2,1-4H3,(H,11,14)(H,12,13). The minimum atomic E-state index is -1.09. The summed E-state index contributed by atoms with van der Waals surface area (Å²) in [5.41, 5.74) is 0. The van der Waals surface area contributed by atoms with Crippen molar-refractivity contribution >= 4 is 12.1 Å². The summed E-state index contributed by atoms with van der Waals surface area (Å²) in [5, 5.41) is 10.5. The highest BCUT2D eigenvalue weighted by molar-refractivity contribution is 5.76. The first-order chi connectivity index (χ1) is 6.84. The molecular weight excluding hydrogens is 198 g/mol. The van der Waals surface area contributed by atoms with Gasteiger partial charge < -0.3 is 15.2 Å². The predicted octanol–water partition coefficient (Wildman–Crippen LogP) is 1.48. The summed E-state index contributed by atoms with van der Waals surface area (Å²) in [6, 6.07) is 0. The number of rotatable bonds is 5. The minimum absolute atomic E-state index is 0.196. The summed E-state index contributed by atoms with van der Waals surface area (Å²) in [5.74, 6) is -0.668. The average Bonchev–Trinajstić information content (AvgIpc) is 2.09. The van der Waals surface area contributed by atoms with Crippen molar-refractivity contribution in [3.63, 3.8) is 0 Å². The minimum Gasteiger partial charge on any atom is -0.480 e. The van der Waals surface area contributed by atoms with Crippen LogP contribution in [0, 0.1) is 11.8 Å². The third kappa shape index (κ3) is 5.93. The van der Waals surface area contributed by atoms with E-state index >= 15 is 0 Å². The van der Waals surface area contributed by atoms with Crippen molar-refractivity contribution in [2.24, 2.45) is 11.8 Å². The molecule has 0 aliphatic carbocycles. The van der Waals surface area contributed by atoms with Crippen molar-refractivity contribution in [2.75, 3.05) is 6.54 Å². The molecule has 0 bridgehead atoms. The fourth-order valence-electron chi connectivity index (χ4n) is 1.36. The summed E-state index contributed by atoms with van der Waals surface area (Å²) >= 11 is 0. The Bertz CT molecular complexity index is 217. The summed E-state index contributed by atoms with van der Waals surface area (Å²) in [6.07, 6.45) is -0.872. The maximum absolute atomic E-state index is 11.2. The Labute approximate surface area is 89.8 Å². The predicted molar refractivity (Wildman–Crippen MR) is 55.6 cm³/mol. The van der Waals surface area contributed by atoms with Crippen LogP contribution in [0.1, 0.15) is 27.7 Å². The molecule has 88 valence electrons. The number of ether oxygens (including phenoxy) is 1. The molecule has 0 radical (unpaired) electrons. The Balaban J connectivity index is 4.06. The van der Waals surface area contributed by atoms with Crippen molar-refractivity contribution < 1.29 is 19.4 Å². The lowest BCUT2D eigenvalue weighted by atomic mass is 9.96. The molecule has 0 atom stereocenters. The second-order valence-electron chi connectivity index (χ2n) is 4.11. The Kier molecular flexibility index (Phi) is 5.74. The fraction of sp³-hybridized carbons (Fsp3) is 0.800. The normalized spacial score (nSPS) is 10.9. The summed E-state index contributed by atoms with van der Waals surface area (Å²) in [4.78, 5) is 21.4. The lowest BCUT2D eigenvalue weighted by Gasteiger charge is -2.24. The van der Waals surface area contributed by atoms with Crippen LogP contribution in [0.15, 0.2) is 0 Å². The summed E-state index contributed by atoms with van der Waals surface area (Å²) < 4.78 is 5.11. The molecule has 0 saturated heterocycles. The van der Waals surface area contributed by atoms with Gasteiger partial charge in [-0.25, -0.2) is 4.79 Å². The van der Waals surface area contributed by atoms with Crippen LogP contribution in [-0.2, 0) is 9.53 Å². The molecule has 0 unspecified atom stereocenters. The van der Waals surface area contributed by atoms with Crippen LogP contribution in [0.4, 0.5) is 4.79 Å². The van der Waals surface area contributed by atoms with Crippen LogP contribution in [-0.4, -0.2) is 29.8 Å². The van der Waals surface area contributed by atoms with Gasteiger partial charge in [-0.1, -0.05) is 27.7 Å². The molecule has 0 aliphatic rings. The third-order valence-electron chi connectivity index (χ3n) is 1.94. The van der Waals surface area contributed by atoms with Gasteiger partial charge in [0.1, 0.15) is 12.6 Å². The van der Waals surface area contributed by atoms with E-state index in [1.165, 1.54) is 0 Å². The highest BCUT2D eigenvalue weighted by Crippen LogP contribution is 2.15. The number of alkyl carbamates (subject to hydrolysis) is 1. The Hall–Kier alpha value is -1.26. The first kappa shape index (κ1) is 13.7. The van der Waals surface area contributed by atoms with E-state index in [1.54, 1.807) is 0 Å². The SMILES string of the molecule is CC(C)C(OC(=O)NCC(=O)O)C(C)C. The molecule has 1 amide bonds. The molecule has 0 fully saturated rings. The van der Waals surface area contributed by atoms with Crippen LogP contribution in [0.5, 0.6) is 0 Å². The molecule has 2 N–H and O–H groups in total. The van der Waals surface area contributed by atoms with Gasteiger partial charge >= 0.3 is 12.1 Å². The number of carboxylic acids is 1. The molecule has 0 aliphatic heterocycles. The third-order valence-corrected chi connectivity index (χ3v) is 1.94. The lowest BCUT2D eigenvalue weighted by Crippen LogP contribution is -2.36. The van der Waals surface area contributed by atoms with Gasteiger partial charge in [0.15, 0.2) is 0 Å². The zero-order valence-corrected chi connectivity index (χ0v) is 9.61. The largest absolute Gasteiger partial charge is 0.480 e. The van der Waals surface area contributed by atoms with E-state index in [4.69, 9.17) is 9.84 Å². The quantitative estimate of drug-likeness (QED) is 0.731. The van der Waals surface area contributed by atoms with Crippen molar-refractivity contribution in [1.29, 1.82) is 0 Å². The first-order valence-corrected chi connectivity index (χ1v) is 5.00. The lowest BCUT2D eigenvalue weighted by molar-refractivity contribution is -0.135. The molecule has 5 nitrogen and oxygen atoms in total. The second-order valence-corrected chi connectivity index (χ2v) is 4.11. The van der Waals surface area contributed by atoms with E-state index in [0.29, 0.717) is 0 Å². The highest BCUT2D eigenvalue weighted by Gasteiger charge is 2.21. The maximum Gasteiger partial charge on any atom is 0.407 e. The van der Waals surface area contributed by atoms with Crippen molar-refractivity contribution in [3.8, 4) is 0 Å². The number of carbonyl (C=O) groups is 2. The molecule has 0 aromatic rings. The van der Waals surface area contributed by atoms with Crippen molar-refractivity contribution in [3.05, 3.63) is 0 Å². The maximum atomic E-state index is 11.2. The van der Waals surface area contributed by atoms with E-state index in [1.807, 2.05) is 27.7 Å². The smallest absolute Gasteiger partial charge is 0.407 e. The molecule has 5 heteroatoms. The zero-order chi connectivity index (χ0) is 12.0. The molecule has 15 heavy (non-hydrogen) atoms. The highest BCUT2D eigenvalue weighted by atomic mass is 16.6. The second kappa shape index (κ2) is 6.27. The van der Waals surface area contributed by atoms with E-state index in [0.717, 1.165) is 0 Å². The molecule has 0 heterocycles. The first-order valence-electron chi connectivity index (χ1n) is 5.00. The average molecular weight is 217 g/mol. The summed E-state index contributed by atoms with van der Waals surface area (Å²) in [6.45, 7) is 7.40. The van der Waals surface area contributed by atoms with Gasteiger partial charge in [0.05, 0.1) is 0 Å². The van der Waals surface area contributed by atoms with E-state index in [-0.39, 0.29) is 17.9 Å². The zero-order valence-electron chi connectivity index (χ0n) is 9.61. The van der Waals surface area contributed by atoms with Gasteiger partial charge in [-0.05, 0) is 11.8 Å². The van der Waals surface area contributed by atoms with Gasteiger partial charge in [0, 0.05) is 0 Å². The van der Waals surface area contributed by atoms with Gasteiger partial charge in [-0.2, -0.15) is 0 Å². The number of aliphatic carboxylic acids is 1. The number of amides is 1. The van der Waals surface area contributed by atoms with Crippen molar-refractivity contribution in [2.45, 2.75) is 33.8 Å². The van der Waals surface area contributed by atoms with Crippen LogP contribution < -0.4 is 5.32 Å².